The number of methoxy groups -OCH3 is 2. The summed E-state index contributed by atoms with van der Waals surface area (Å²) in [5.74, 6) is 1.75. The Morgan fingerprint density at radius 2 is 2.00 bits per heavy atom. The molecule has 0 aliphatic heterocycles. The highest BCUT2D eigenvalue weighted by Crippen LogP contribution is 2.31. The second-order valence-electron chi connectivity index (χ2n) is 3.85. The van der Waals surface area contributed by atoms with Crippen LogP contribution in [-0.4, -0.2) is 24.1 Å². The summed E-state index contributed by atoms with van der Waals surface area (Å²) in [7, 11) is 3.12. The Kier molecular flexibility index (Phi) is 3.99. The topological polar surface area (TPSA) is 86.5 Å². The van der Waals surface area contributed by atoms with Gasteiger partial charge in [-0.3, -0.25) is 10.1 Å². The van der Waals surface area contributed by atoms with Crippen molar-refractivity contribution in [2.24, 2.45) is 0 Å². The first-order valence-corrected chi connectivity index (χ1v) is 5.73. The fraction of sp³-hybridized carbons (Fsp3) is 0.154. The lowest BCUT2D eigenvalue weighted by Crippen LogP contribution is -1.98. The van der Waals surface area contributed by atoms with Crippen molar-refractivity contribution < 1.29 is 14.4 Å². The Hall–Kier alpha value is -2.83. The van der Waals surface area contributed by atoms with Crippen LogP contribution < -0.4 is 14.8 Å². The number of anilines is 2. The van der Waals surface area contributed by atoms with E-state index in [1.807, 2.05) is 0 Å². The van der Waals surface area contributed by atoms with Gasteiger partial charge in [0.05, 0.1) is 24.8 Å². The molecule has 104 valence electrons. The Labute approximate surface area is 115 Å². The van der Waals surface area contributed by atoms with E-state index in [0.29, 0.717) is 23.0 Å². The number of aromatic nitrogens is 1. The van der Waals surface area contributed by atoms with Crippen molar-refractivity contribution in [1.82, 2.24) is 4.98 Å². The lowest BCUT2D eigenvalue weighted by atomic mass is 10.2. The summed E-state index contributed by atoms with van der Waals surface area (Å²) in [6.07, 6.45) is 1.19. The van der Waals surface area contributed by atoms with E-state index >= 15 is 0 Å². The summed E-state index contributed by atoms with van der Waals surface area (Å²) in [6.45, 7) is 0. The molecule has 1 aromatic heterocycles. The summed E-state index contributed by atoms with van der Waals surface area (Å²) < 4.78 is 10.4. The van der Waals surface area contributed by atoms with Crippen molar-refractivity contribution in [3.8, 4) is 11.5 Å². The minimum absolute atomic E-state index is 0.0619. The summed E-state index contributed by atoms with van der Waals surface area (Å²) in [6, 6.07) is 8.18. The summed E-state index contributed by atoms with van der Waals surface area (Å²) in [4.78, 5) is 14.0. The quantitative estimate of drug-likeness (QED) is 0.667. The van der Waals surface area contributed by atoms with Crippen LogP contribution in [0.3, 0.4) is 0 Å². The van der Waals surface area contributed by atoms with Gasteiger partial charge in [0.15, 0.2) is 0 Å². The summed E-state index contributed by atoms with van der Waals surface area (Å²) >= 11 is 0. The van der Waals surface area contributed by atoms with Crippen molar-refractivity contribution in [3.05, 3.63) is 46.6 Å². The van der Waals surface area contributed by atoms with Crippen molar-refractivity contribution in [3.63, 3.8) is 0 Å². The number of rotatable bonds is 5. The maximum absolute atomic E-state index is 10.6. The molecule has 2 rings (SSSR count). The average molecular weight is 275 g/mol. The third-order valence-corrected chi connectivity index (χ3v) is 2.63. The lowest BCUT2D eigenvalue weighted by Gasteiger charge is -2.11. The first kappa shape index (κ1) is 13.6. The Balaban J connectivity index is 2.26. The zero-order chi connectivity index (χ0) is 14.5. The van der Waals surface area contributed by atoms with Gasteiger partial charge < -0.3 is 14.8 Å². The SMILES string of the molecule is COc1ccc(OC)c(Nc2ccc([N+](=O)[O-])cn2)c1. The molecule has 0 radical (unpaired) electrons. The molecule has 7 heteroatoms. The molecule has 0 amide bonds. The van der Waals surface area contributed by atoms with E-state index in [0.717, 1.165) is 0 Å². The van der Waals surface area contributed by atoms with E-state index in [1.165, 1.54) is 18.3 Å². The van der Waals surface area contributed by atoms with Crippen molar-refractivity contribution in [1.29, 1.82) is 0 Å². The zero-order valence-corrected chi connectivity index (χ0v) is 11.0. The fourth-order valence-electron chi connectivity index (χ4n) is 1.62. The van der Waals surface area contributed by atoms with E-state index in [-0.39, 0.29) is 5.69 Å². The highest BCUT2D eigenvalue weighted by Gasteiger charge is 2.08. The third kappa shape index (κ3) is 2.94. The van der Waals surface area contributed by atoms with Gasteiger partial charge in [-0.25, -0.2) is 4.98 Å². The van der Waals surface area contributed by atoms with Gasteiger partial charge in [0.2, 0.25) is 0 Å². The molecule has 0 spiro atoms. The number of hydrogen-bond acceptors (Lipinski definition) is 6. The number of nitro groups is 1. The lowest BCUT2D eigenvalue weighted by molar-refractivity contribution is -0.385. The van der Waals surface area contributed by atoms with Gasteiger partial charge in [-0.05, 0) is 18.2 Å². The highest BCUT2D eigenvalue weighted by molar-refractivity contribution is 5.66. The van der Waals surface area contributed by atoms with Gasteiger partial charge in [-0.15, -0.1) is 0 Å². The molecule has 0 aliphatic carbocycles. The van der Waals surface area contributed by atoms with Crippen molar-refractivity contribution in [2.45, 2.75) is 0 Å². The van der Waals surface area contributed by atoms with E-state index in [1.54, 1.807) is 32.4 Å². The molecular weight excluding hydrogens is 262 g/mol. The minimum atomic E-state index is -0.497. The van der Waals surface area contributed by atoms with E-state index in [9.17, 15) is 10.1 Å². The first-order chi connectivity index (χ1) is 9.63. The highest BCUT2D eigenvalue weighted by atomic mass is 16.6. The number of pyridine rings is 1. The molecular formula is C13H13N3O4. The van der Waals surface area contributed by atoms with Crippen LogP contribution >= 0.6 is 0 Å². The van der Waals surface area contributed by atoms with Crippen LogP contribution in [0.25, 0.3) is 0 Å². The average Bonchev–Trinajstić information content (AvgIpc) is 2.47. The predicted molar refractivity (Wildman–Crippen MR) is 73.7 cm³/mol. The Morgan fingerprint density at radius 1 is 1.20 bits per heavy atom. The molecule has 20 heavy (non-hydrogen) atoms. The van der Waals surface area contributed by atoms with Gasteiger partial charge in [-0.1, -0.05) is 0 Å². The summed E-state index contributed by atoms with van der Waals surface area (Å²) in [5, 5.41) is 13.6. The monoisotopic (exact) mass is 275 g/mol. The third-order valence-electron chi connectivity index (χ3n) is 2.63. The molecule has 0 unspecified atom stereocenters. The van der Waals surface area contributed by atoms with Gasteiger partial charge in [0.1, 0.15) is 23.5 Å². The zero-order valence-electron chi connectivity index (χ0n) is 11.0. The number of nitrogens with zero attached hydrogens (tertiary/aromatic N) is 2. The number of hydrogen-bond donors (Lipinski definition) is 1. The molecule has 0 bridgehead atoms. The molecule has 1 heterocycles. The van der Waals surface area contributed by atoms with Crippen LogP contribution in [0.15, 0.2) is 36.5 Å². The smallest absolute Gasteiger partial charge is 0.287 e. The molecule has 0 saturated carbocycles. The number of benzene rings is 1. The largest absolute Gasteiger partial charge is 0.497 e. The Bertz CT molecular complexity index is 614. The second kappa shape index (κ2) is 5.87. The predicted octanol–water partition coefficient (Wildman–Crippen LogP) is 2.75. The number of ether oxygens (including phenoxy) is 2. The molecule has 0 aliphatic rings. The molecule has 0 atom stereocenters. The molecule has 2 aromatic rings. The minimum Gasteiger partial charge on any atom is -0.497 e. The van der Waals surface area contributed by atoms with Crippen molar-refractivity contribution in [2.75, 3.05) is 19.5 Å². The van der Waals surface area contributed by atoms with Crippen LogP contribution in [0.1, 0.15) is 0 Å². The van der Waals surface area contributed by atoms with Crippen LogP contribution in [0, 0.1) is 10.1 Å². The van der Waals surface area contributed by atoms with Crippen molar-refractivity contribution >= 4 is 17.2 Å². The Morgan fingerprint density at radius 3 is 2.55 bits per heavy atom. The molecule has 1 N–H and O–H groups in total. The maximum atomic E-state index is 10.6. The summed E-state index contributed by atoms with van der Waals surface area (Å²) in [5.41, 5.74) is 0.598. The molecule has 0 fully saturated rings. The molecule has 1 aromatic carbocycles. The van der Waals surface area contributed by atoms with E-state index in [2.05, 4.69) is 10.3 Å². The van der Waals surface area contributed by atoms with E-state index < -0.39 is 4.92 Å². The second-order valence-corrected chi connectivity index (χ2v) is 3.85. The number of nitrogens with one attached hydrogen (secondary N) is 1. The standard InChI is InChI=1S/C13H13N3O4/c1-19-10-4-5-12(20-2)11(7-10)15-13-6-3-9(8-14-13)16(17)18/h3-8H,1-2H3,(H,14,15). The first-order valence-electron chi connectivity index (χ1n) is 5.73. The fourth-order valence-corrected chi connectivity index (χ4v) is 1.62. The maximum Gasteiger partial charge on any atom is 0.287 e. The van der Waals surface area contributed by atoms with Crippen LogP contribution in [0.4, 0.5) is 17.2 Å². The van der Waals surface area contributed by atoms with Gasteiger partial charge in [-0.2, -0.15) is 0 Å². The van der Waals surface area contributed by atoms with Crippen LogP contribution in [0.2, 0.25) is 0 Å². The van der Waals surface area contributed by atoms with Crippen LogP contribution in [0.5, 0.6) is 11.5 Å². The van der Waals surface area contributed by atoms with Crippen LogP contribution in [-0.2, 0) is 0 Å². The molecule has 0 saturated heterocycles. The van der Waals surface area contributed by atoms with E-state index in [4.69, 9.17) is 9.47 Å². The normalized spacial score (nSPS) is 9.90. The van der Waals surface area contributed by atoms with Gasteiger partial charge in [0, 0.05) is 12.1 Å². The van der Waals surface area contributed by atoms with Gasteiger partial charge >= 0.3 is 0 Å². The van der Waals surface area contributed by atoms with Gasteiger partial charge in [0.25, 0.3) is 5.69 Å². The molecule has 7 nitrogen and oxygen atoms in total.